The molecule has 1 aromatic carbocycles. The van der Waals surface area contributed by atoms with Crippen LogP contribution in [-0.2, 0) is 6.42 Å². The number of benzene rings is 1. The number of allylic oxidation sites excluding steroid dienone is 1. The second kappa shape index (κ2) is 4.47. The quantitative estimate of drug-likeness (QED) is 0.784. The third kappa shape index (κ3) is 3.23. The van der Waals surface area contributed by atoms with Gasteiger partial charge >= 0.3 is 0 Å². The first-order valence-corrected chi connectivity index (χ1v) is 4.98. The molecule has 0 aliphatic carbocycles. The summed E-state index contributed by atoms with van der Waals surface area (Å²) in [5.74, 6) is 0. The van der Waals surface area contributed by atoms with E-state index in [4.69, 9.17) is 0 Å². The van der Waals surface area contributed by atoms with Gasteiger partial charge in [-0.15, -0.1) is 0 Å². The van der Waals surface area contributed by atoms with Crippen LogP contribution in [0.2, 0.25) is 0 Å². The fourth-order valence-corrected chi connectivity index (χ4v) is 1.49. The van der Waals surface area contributed by atoms with Crippen LogP contribution in [0, 0.1) is 0 Å². The Morgan fingerprint density at radius 3 is 2.69 bits per heavy atom. The Balaban J connectivity index is 2.85. The van der Waals surface area contributed by atoms with E-state index in [1.165, 1.54) is 11.3 Å². The fourth-order valence-electron chi connectivity index (χ4n) is 1.17. The molecule has 2 heteroatoms. The highest BCUT2D eigenvalue weighted by atomic mass is 79.9. The summed E-state index contributed by atoms with van der Waals surface area (Å²) in [4.78, 5) is 2.10. The third-order valence-corrected chi connectivity index (χ3v) is 2.10. The molecule has 0 fully saturated rings. The van der Waals surface area contributed by atoms with E-state index in [1.807, 2.05) is 14.1 Å². The van der Waals surface area contributed by atoms with Gasteiger partial charge in [0.1, 0.15) is 0 Å². The summed E-state index contributed by atoms with van der Waals surface area (Å²) in [6.07, 6.45) is 0.891. The summed E-state index contributed by atoms with van der Waals surface area (Å²) < 4.78 is 1.02. The zero-order chi connectivity index (χ0) is 9.84. The minimum absolute atomic E-state index is 0.891. The van der Waals surface area contributed by atoms with E-state index in [2.05, 4.69) is 51.7 Å². The lowest BCUT2D eigenvalue weighted by molar-refractivity contribution is 1.12. The van der Waals surface area contributed by atoms with E-state index < -0.39 is 0 Å². The molecule has 0 aliphatic heterocycles. The average molecular weight is 240 g/mol. The summed E-state index contributed by atoms with van der Waals surface area (Å²) >= 11 is 3.36. The molecule has 1 rings (SSSR count). The molecule has 1 nitrogen and oxygen atoms in total. The lowest BCUT2D eigenvalue weighted by atomic mass is 10.1. The van der Waals surface area contributed by atoms with Crippen molar-refractivity contribution in [3.63, 3.8) is 0 Å². The lowest BCUT2D eigenvalue weighted by Crippen LogP contribution is -2.08. The van der Waals surface area contributed by atoms with Crippen molar-refractivity contribution < 1.29 is 0 Å². The van der Waals surface area contributed by atoms with Crippen molar-refractivity contribution in [1.29, 1.82) is 0 Å². The Hall–Kier alpha value is -0.760. The zero-order valence-electron chi connectivity index (χ0n) is 8.05. The van der Waals surface area contributed by atoms with Gasteiger partial charge in [0.2, 0.25) is 0 Å². The first-order valence-electron chi connectivity index (χ1n) is 4.19. The summed E-state index contributed by atoms with van der Waals surface area (Å²) in [5.41, 5.74) is 2.51. The van der Waals surface area contributed by atoms with Crippen LogP contribution in [0.4, 0.5) is 5.69 Å². The van der Waals surface area contributed by atoms with E-state index in [9.17, 15) is 0 Å². The van der Waals surface area contributed by atoms with Crippen LogP contribution in [0.25, 0.3) is 0 Å². The Bertz CT molecular complexity index is 305. The van der Waals surface area contributed by atoms with Gasteiger partial charge in [0.15, 0.2) is 0 Å². The minimum Gasteiger partial charge on any atom is -0.378 e. The van der Waals surface area contributed by atoms with E-state index in [1.54, 1.807) is 0 Å². The predicted molar refractivity (Wildman–Crippen MR) is 62.5 cm³/mol. The van der Waals surface area contributed by atoms with Gasteiger partial charge in [0, 0.05) is 26.2 Å². The van der Waals surface area contributed by atoms with Gasteiger partial charge in [-0.1, -0.05) is 34.6 Å². The molecule has 1 aromatic rings. The van der Waals surface area contributed by atoms with Crippen LogP contribution in [0.1, 0.15) is 5.56 Å². The molecule has 0 atom stereocenters. The molecule has 0 heterocycles. The molecule has 0 spiro atoms. The van der Waals surface area contributed by atoms with Crippen molar-refractivity contribution in [3.05, 3.63) is 40.9 Å². The summed E-state index contributed by atoms with van der Waals surface area (Å²) in [7, 11) is 4.09. The summed E-state index contributed by atoms with van der Waals surface area (Å²) in [6, 6.07) is 8.45. The van der Waals surface area contributed by atoms with Crippen molar-refractivity contribution in [1.82, 2.24) is 0 Å². The van der Waals surface area contributed by atoms with E-state index in [0.29, 0.717) is 0 Å². The number of rotatable bonds is 3. The van der Waals surface area contributed by atoms with Crippen molar-refractivity contribution in [3.8, 4) is 0 Å². The zero-order valence-corrected chi connectivity index (χ0v) is 9.63. The first kappa shape index (κ1) is 10.3. The van der Waals surface area contributed by atoms with Crippen LogP contribution in [0.3, 0.4) is 0 Å². The molecule has 0 N–H and O–H groups in total. The third-order valence-electron chi connectivity index (χ3n) is 1.82. The van der Waals surface area contributed by atoms with E-state index in [0.717, 1.165) is 10.9 Å². The Morgan fingerprint density at radius 1 is 1.46 bits per heavy atom. The van der Waals surface area contributed by atoms with Gasteiger partial charge in [0.25, 0.3) is 0 Å². The van der Waals surface area contributed by atoms with Crippen molar-refractivity contribution >= 4 is 21.6 Å². The standard InChI is InChI=1S/C11H14BrN/c1-9(12)7-10-5-4-6-11(8-10)13(2)3/h4-6,8H,1,7H2,2-3H3. The van der Waals surface area contributed by atoms with Crippen molar-refractivity contribution in [2.45, 2.75) is 6.42 Å². The van der Waals surface area contributed by atoms with E-state index >= 15 is 0 Å². The Labute approximate surface area is 88.2 Å². The van der Waals surface area contributed by atoms with Crippen LogP contribution in [0.5, 0.6) is 0 Å². The fraction of sp³-hybridized carbons (Fsp3) is 0.273. The monoisotopic (exact) mass is 239 g/mol. The maximum Gasteiger partial charge on any atom is 0.0363 e. The molecular weight excluding hydrogens is 226 g/mol. The largest absolute Gasteiger partial charge is 0.378 e. The maximum atomic E-state index is 3.83. The molecule has 13 heavy (non-hydrogen) atoms. The number of halogens is 1. The topological polar surface area (TPSA) is 3.24 Å². The smallest absolute Gasteiger partial charge is 0.0363 e. The first-order chi connectivity index (χ1) is 6.09. The molecule has 0 amide bonds. The maximum absolute atomic E-state index is 3.83. The molecule has 0 radical (unpaired) electrons. The number of anilines is 1. The van der Waals surface area contributed by atoms with Crippen LogP contribution >= 0.6 is 15.9 Å². The molecular formula is C11H14BrN. The van der Waals surface area contributed by atoms with Gasteiger partial charge in [0.05, 0.1) is 0 Å². The molecule has 0 saturated heterocycles. The van der Waals surface area contributed by atoms with Crippen LogP contribution in [0.15, 0.2) is 35.3 Å². The highest BCUT2D eigenvalue weighted by Gasteiger charge is 1.97. The average Bonchev–Trinajstić information content (AvgIpc) is 2.03. The summed E-state index contributed by atoms with van der Waals surface area (Å²) in [5, 5.41) is 0. The number of hydrogen-bond donors (Lipinski definition) is 0. The Morgan fingerprint density at radius 2 is 2.15 bits per heavy atom. The second-order valence-electron chi connectivity index (χ2n) is 3.26. The number of nitrogens with zero attached hydrogens (tertiary/aromatic N) is 1. The normalized spacial score (nSPS) is 9.77. The van der Waals surface area contributed by atoms with Gasteiger partial charge in [-0.25, -0.2) is 0 Å². The molecule has 0 bridgehead atoms. The van der Waals surface area contributed by atoms with Gasteiger partial charge < -0.3 is 4.90 Å². The SMILES string of the molecule is C=C(Br)Cc1cccc(N(C)C)c1. The molecule has 0 unspecified atom stereocenters. The van der Waals surface area contributed by atoms with Crippen LogP contribution < -0.4 is 4.90 Å². The predicted octanol–water partition coefficient (Wildman–Crippen LogP) is 3.20. The molecule has 0 saturated carbocycles. The minimum atomic E-state index is 0.891. The Kier molecular flexibility index (Phi) is 3.55. The van der Waals surface area contributed by atoms with Crippen molar-refractivity contribution in [2.75, 3.05) is 19.0 Å². The van der Waals surface area contributed by atoms with Gasteiger partial charge in [-0.05, 0) is 22.2 Å². The van der Waals surface area contributed by atoms with Gasteiger partial charge in [-0.3, -0.25) is 0 Å². The van der Waals surface area contributed by atoms with Gasteiger partial charge in [-0.2, -0.15) is 0 Å². The second-order valence-corrected chi connectivity index (χ2v) is 4.38. The molecule has 0 aromatic heterocycles. The van der Waals surface area contributed by atoms with Crippen molar-refractivity contribution in [2.24, 2.45) is 0 Å². The number of hydrogen-bond acceptors (Lipinski definition) is 1. The molecule has 0 aliphatic rings. The van der Waals surface area contributed by atoms with E-state index in [-0.39, 0.29) is 0 Å². The van der Waals surface area contributed by atoms with Crippen LogP contribution in [-0.4, -0.2) is 14.1 Å². The highest BCUT2D eigenvalue weighted by Crippen LogP contribution is 2.17. The highest BCUT2D eigenvalue weighted by molar-refractivity contribution is 9.11. The lowest BCUT2D eigenvalue weighted by Gasteiger charge is -2.13. The summed E-state index contributed by atoms with van der Waals surface area (Å²) in [6.45, 7) is 3.83. The molecule has 70 valence electrons.